The molecule has 0 saturated carbocycles. The predicted molar refractivity (Wildman–Crippen MR) is 86.5 cm³/mol. The molecule has 4 nitrogen and oxygen atoms in total. The van der Waals surface area contributed by atoms with Gasteiger partial charge in [0.25, 0.3) is 0 Å². The number of carbonyl (C=O) groups is 1. The highest BCUT2D eigenvalue weighted by atomic mass is 35.5. The van der Waals surface area contributed by atoms with Crippen molar-refractivity contribution in [2.75, 3.05) is 6.54 Å². The van der Waals surface area contributed by atoms with Crippen LogP contribution in [0.1, 0.15) is 44.3 Å². The Labute approximate surface area is 136 Å². The van der Waals surface area contributed by atoms with Crippen molar-refractivity contribution in [3.63, 3.8) is 0 Å². The number of amides is 1. The van der Waals surface area contributed by atoms with Crippen molar-refractivity contribution >= 4 is 18.3 Å². The molecule has 0 radical (unpaired) electrons. The van der Waals surface area contributed by atoms with Crippen LogP contribution in [-0.2, 0) is 4.79 Å². The van der Waals surface area contributed by atoms with Crippen molar-refractivity contribution in [3.8, 4) is 0 Å². The summed E-state index contributed by atoms with van der Waals surface area (Å²) in [6.45, 7) is 2.75. The Balaban J connectivity index is 0.00000242. The number of halogens is 2. The van der Waals surface area contributed by atoms with Crippen molar-refractivity contribution in [2.45, 2.75) is 50.8 Å². The molecule has 1 heterocycles. The zero-order valence-electron chi connectivity index (χ0n) is 12.7. The maximum Gasteiger partial charge on any atom is 0.237 e. The van der Waals surface area contributed by atoms with E-state index in [-0.39, 0.29) is 36.2 Å². The largest absolute Gasteiger partial charge is 0.388 e. The van der Waals surface area contributed by atoms with Crippen LogP contribution in [0, 0.1) is 5.82 Å². The third-order valence-corrected chi connectivity index (χ3v) is 3.85. The van der Waals surface area contributed by atoms with E-state index in [9.17, 15) is 14.3 Å². The van der Waals surface area contributed by atoms with Gasteiger partial charge in [0.05, 0.1) is 12.1 Å². The molecule has 3 N–H and O–H groups in total. The summed E-state index contributed by atoms with van der Waals surface area (Å²) in [5.74, 6) is -0.329. The minimum absolute atomic E-state index is 0. The van der Waals surface area contributed by atoms with Gasteiger partial charge in [-0.3, -0.25) is 4.79 Å². The molecule has 1 saturated heterocycles. The fourth-order valence-electron chi connectivity index (χ4n) is 2.63. The molecule has 1 aromatic rings. The van der Waals surface area contributed by atoms with Gasteiger partial charge in [-0.2, -0.15) is 0 Å². The Kier molecular flexibility index (Phi) is 7.79. The van der Waals surface area contributed by atoms with Gasteiger partial charge in [-0.05, 0) is 50.4 Å². The van der Waals surface area contributed by atoms with Crippen LogP contribution in [0.2, 0.25) is 0 Å². The molecule has 0 aliphatic carbocycles. The number of hydrogen-bond acceptors (Lipinski definition) is 3. The number of aliphatic hydroxyl groups excluding tert-OH is 1. The van der Waals surface area contributed by atoms with Crippen molar-refractivity contribution < 1.29 is 14.3 Å². The lowest BCUT2D eigenvalue weighted by molar-refractivity contribution is -0.124. The Morgan fingerprint density at radius 3 is 2.68 bits per heavy atom. The second-order valence-electron chi connectivity index (χ2n) is 5.72. The molecule has 1 aliphatic heterocycles. The van der Waals surface area contributed by atoms with Crippen molar-refractivity contribution in [3.05, 3.63) is 35.6 Å². The van der Waals surface area contributed by atoms with Crippen molar-refractivity contribution in [1.82, 2.24) is 10.6 Å². The maximum atomic E-state index is 12.8. The second kappa shape index (κ2) is 9.08. The highest BCUT2D eigenvalue weighted by Gasteiger charge is 2.22. The molecule has 1 amide bonds. The number of piperidine rings is 1. The molecule has 3 unspecified atom stereocenters. The van der Waals surface area contributed by atoms with Gasteiger partial charge in [-0.15, -0.1) is 12.4 Å². The van der Waals surface area contributed by atoms with Gasteiger partial charge in [0, 0.05) is 6.04 Å². The summed E-state index contributed by atoms with van der Waals surface area (Å²) in [6.07, 6.45) is 2.74. The lowest BCUT2D eigenvalue weighted by atomic mass is 10.0. The van der Waals surface area contributed by atoms with Crippen LogP contribution >= 0.6 is 12.4 Å². The molecular weight excluding hydrogens is 307 g/mol. The average molecular weight is 331 g/mol. The summed E-state index contributed by atoms with van der Waals surface area (Å²) in [7, 11) is 0. The zero-order chi connectivity index (χ0) is 15.2. The Morgan fingerprint density at radius 2 is 2.09 bits per heavy atom. The van der Waals surface area contributed by atoms with E-state index in [1.165, 1.54) is 12.1 Å². The summed E-state index contributed by atoms with van der Waals surface area (Å²) >= 11 is 0. The quantitative estimate of drug-likeness (QED) is 0.776. The molecule has 0 aromatic heterocycles. The zero-order valence-corrected chi connectivity index (χ0v) is 13.5. The average Bonchev–Trinajstić information content (AvgIpc) is 2.48. The molecule has 22 heavy (non-hydrogen) atoms. The Hall–Kier alpha value is -1.17. The normalized spacial score (nSPS) is 20.6. The summed E-state index contributed by atoms with van der Waals surface area (Å²) in [4.78, 5) is 12.1. The monoisotopic (exact) mass is 330 g/mol. The number of benzene rings is 1. The number of hydrogen-bond donors (Lipinski definition) is 3. The fourth-order valence-corrected chi connectivity index (χ4v) is 2.63. The second-order valence-corrected chi connectivity index (χ2v) is 5.72. The third kappa shape index (κ3) is 5.55. The summed E-state index contributed by atoms with van der Waals surface area (Å²) in [5.41, 5.74) is 0.660. The highest BCUT2D eigenvalue weighted by Crippen LogP contribution is 2.18. The van der Waals surface area contributed by atoms with Crippen LogP contribution in [0.4, 0.5) is 4.39 Å². The van der Waals surface area contributed by atoms with E-state index in [2.05, 4.69) is 10.6 Å². The van der Waals surface area contributed by atoms with Gasteiger partial charge in [0.1, 0.15) is 5.82 Å². The number of nitrogens with one attached hydrogen (secondary N) is 2. The molecule has 3 atom stereocenters. The molecule has 6 heteroatoms. The van der Waals surface area contributed by atoms with Gasteiger partial charge in [0.2, 0.25) is 5.91 Å². The van der Waals surface area contributed by atoms with Crippen LogP contribution in [-0.4, -0.2) is 29.6 Å². The first-order valence-electron chi connectivity index (χ1n) is 7.53. The molecule has 1 aliphatic rings. The van der Waals surface area contributed by atoms with Crippen molar-refractivity contribution in [1.29, 1.82) is 0 Å². The van der Waals surface area contributed by atoms with Crippen LogP contribution in [0.25, 0.3) is 0 Å². The minimum Gasteiger partial charge on any atom is -0.388 e. The van der Waals surface area contributed by atoms with E-state index in [1.54, 1.807) is 12.1 Å². The number of aliphatic hydroxyl groups is 1. The summed E-state index contributed by atoms with van der Waals surface area (Å²) in [5, 5.41) is 16.2. The van der Waals surface area contributed by atoms with Crippen LogP contribution in [0.5, 0.6) is 0 Å². The number of carbonyl (C=O) groups excluding carboxylic acids is 1. The van der Waals surface area contributed by atoms with Crippen molar-refractivity contribution in [2.24, 2.45) is 0 Å². The maximum absolute atomic E-state index is 12.8. The van der Waals surface area contributed by atoms with Gasteiger partial charge >= 0.3 is 0 Å². The topological polar surface area (TPSA) is 61.4 Å². The van der Waals surface area contributed by atoms with Gasteiger partial charge < -0.3 is 15.7 Å². The Morgan fingerprint density at radius 1 is 1.41 bits per heavy atom. The fraction of sp³-hybridized carbons (Fsp3) is 0.562. The number of rotatable bonds is 5. The molecular formula is C16H24ClFN2O2. The van der Waals surface area contributed by atoms with E-state index >= 15 is 0 Å². The van der Waals surface area contributed by atoms with Crippen LogP contribution in [0.15, 0.2) is 24.3 Å². The predicted octanol–water partition coefficient (Wildman–Crippen LogP) is 2.32. The lowest BCUT2D eigenvalue weighted by Crippen LogP contribution is -2.49. The van der Waals surface area contributed by atoms with E-state index in [0.717, 1.165) is 25.8 Å². The first kappa shape index (κ1) is 18.9. The van der Waals surface area contributed by atoms with E-state index in [4.69, 9.17) is 0 Å². The molecule has 0 spiro atoms. The summed E-state index contributed by atoms with van der Waals surface area (Å²) < 4.78 is 12.8. The van der Waals surface area contributed by atoms with Gasteiger partial charge in [-0.25, -0.2) is 4.39 Å². The third-order valence-electron chi connectivity index (χ3n) is 3.85. The summed E-state index contributed by atoms with van der Waals surface area (Å²) in [6, 6.07) is 5.53. The molecule has 124 valence electrons. The van der Waals surface area contributed by atoms with E-state index in [1.807, 2.05) is 6.92 Å². The van der Waals surface area contributed by atoms with E-state index < -0.39 is 6.10 Å². The standard InChI is InChI=1S/C16H23FN2O2.ClH/c1-11(19-16(21)14-4-2-3-9-18-14)10-15(20)12-5-7-13(17)8-6-12;/h5-8,11,14-15,18,20H,2-4,9-10H2,1H3,(H,19,21);1H. The minimum atomic E-state index is -0.708. The smallest absolute Gasteiger partial charge is 0.237 e. The van der Waals surface area contributed by atoms with Crippen LogP contribution in [0.3, 0.4) is 0 Å². The lowest BCUT2D eigenvalue weighted by Gasteiger charge is -2.25. The molecule has 0 bridgehead atoms. The van der Waals surface area contributed by atoms with E-state index in [0.29, 0.717) is 12.0 Å². The molecule has 1 aromatic carbocycles. The molecule has 2 rings (SSSR count). The first-order valence-corrected chi connectivity index (χ1v) is 7.53. The SMILES string of the molecule is CC(CC(O)c1ccc(F)cc1)NC(=O)C1CCCCN1.Cl. The Bertz CT molecular complexity index is 464. The van der Waals surface area contributed by atoms with Gasteiger partial charge in [0.15, 0.2) is 0 Å². The highest BCUT2D eigenvalue weighted by molar-refractivity contribution is 5.85. The molecule has 1 fully saturated rings. The first-order chi connectivity index (χ1) is 10.1. The van der Waals surface area contributed by atoms with Gasteiger partial charge in [-0.1, -0.05) is 18.6 Å². The van der Waals surface area contributed by atoms with Crippen LogP contribution < -0.4 is 10.6 Å².